The predicted octanol–water partition coefficient (Wildman–Crippen LogP) is 4.61. The summed E-state index contributed by atoms with van der Waals surface area (Å²) in [5.74, 6) is -3.70. The standard InChI is InChI=1S/C17H17F3O2/c1-10-3-4-11(14(20)13(10)19)22-15(21)17-7-5-16(2,6-8-17)12(18)9-17/h3-4,9H,5-8H2,1-2H3. The third-order valence-corrected chi connectivity index (χ3v) is 5.07. The molecule has 1 aromatic rings. The van der Waals surface area contributed by atoms with E-state index in [1.54, 1.807) is 0 Å². The zero-order chi connectivity index (χ0) is 16.1. The van der Waals surface area contributed by atoms with Gasteiger partial charge in [0.15, 0.2) is 11.6 Å². The van der Waals surface area contributed by atoms with Crippen molar-refractivity contribution in [1.29, 1.82) is 0 Å². The third-order valence-electron chi connectivity index (χ3n) is 5.07. The average molecular weight is 310 g/mol. The van der Waals surface area contributed by atoms with E-state index in [-0.39, 0.29) is 11.4 Å². The highest BCUT2D eigenvalue weighted by Crippen LogP contribution is 2.56. The van der Waals surface area contributed by atoms with Crippen molar-refractivity contribution in [3.63, 3.8) is 0 Å². The van der Waals surface area contributed by atoms with Gasteiger partial charge < -0.3 is 4.74 Å². The van der Waals surface area contributed by atoms with Crippen LogP contribution in [0.15, 0.2) is 24.0 Å². The van der Waals surface area contributed by atoms with Gasteiger partial charge in [-0.2, -0.15) is 4.39 Å². The molecule has 22 heavy (non-hydrogen) atoms. The lowest BCUT2D eigenvalue weighted by Gasteiger charge is -2.46. The third kappa shape index (κ3) is 2.14. The molecule has 3 aliphatic carbocycles. The van der Waals surface area contributed by atoms with Crippen LogP contribution >= 0.6 is 0 Å². The number of hydrogen-bond acceptors (Lipinski definition) is 2. The Bertz CT molecular complexity index is 671. The van der Waals surface area contributed by atoms with Crippen molar-refractivity contribution < 1.29 is 22.7 Å². The molecule has 5 heteroatoms. The van der Waals surface area contributed by atoms with Gasteiger partial charge in [0.2, 0.25) is 5.82 Å². The first-order chi connectivity index (χ1) is 10.3. The monoisotopic (exact) mass is 310 g/mol. The highest BCUT2D eigenvalue weighted by molar-refractivity contribution is 5.82. The number of allylic oxidation sites excluding steroid dienone is 1. The molecule has 0 spiro atoms. The highest BCUT2D eigenvalue weighted by Gasteiger charge is 2.52. The Hall–Kier alpha value is -1.78. The van der Waals surface area contributed by atoms with Crippen LogP contribution in [-0.2, 0) is 4.79 Å². The van der Waals surface area contributed by atoms with Crippen molar-refractivity contribution >= 4 is 5.97 Å². The Morgan fingerprint density at radius 2 is 1.73 bits per heavy atom. The van der Waals surface area contributed by atoms with Gasteiger partial charge in [-0.15, -0.1) is 0 Å². The van der Waals surface area contributed by atoms with E-state index in [2.05, 4.69) is 0 Å². The quantitative estimate of drug-likeness (QED) is 0.589. The number of carbonyl (C=O) groups excluding carboxylic acids is 1. The molecule has 1 fully saturated rings. The van der Waals surface area contributed by atoms with E-state index in [1.165, 1.54) is 25.1 Å². The van der Waals surface area contributed by atoms with E-state index < -0.39 is 34.2 Å². The molecule has 0 unspecified atom stereocenters. The molecule has 0 atom stereocenters. The van der Waals surface area contributed by atoms with Crippen molar-refractivity contribution in [2.75, 3.05) is 0 Å². The van der Waals surface area contributed by atoms with Crippen LogP contribution in [0.4, 0.5) is 13.2 Å². The van der Waals surface area contributed by atoms with E-state index in [4.69, 9.17) is 4.74 Å². The zero-order valence-corrected chi connectivity index (χ0v) is 12.5. The predicted molar refractivity (Wildman–Crippen MR) is 74.9 cm³/mol. The van der Waals surface area contributed by atoms with Crippen LogP contribution in [0.2, 0.25) is 0 Å². The Balaban J connectivity index is 1.89. The molecular weight excluding hydrogens is 293 g/mol. The minimum atomic E-state index is -1.19. The summed E-state index contributed by atoms with van der Waals surface area (Å²) in [6, 6.07) is 2.56. The van der Waals surface area contributed by atoms with Gasteiger partial charge in [-0.25, -0.2) is 8.78 Å². The molecule has 0 heterocycles. The second-order valence-corrected chi connectivity index (χ2v) is 6.61. The minimum Gasteiger partial charge on any atom is -0.423 e. The van der Waals surface area contributed by atoms with Gasteiger partial charge in [-0.3, -0.25) is 4.79 Å². The topological polar surface area (TPSA) is 26.3 Å². The number of aryl methyl sites for hydroxylation is 1. The van der Waals surface area contributed by atoms with Crippen LogP contribution in [0.1, 0.15) is 38.2 Å². The molecule has 0 N–H and O–H groups in total. The molecule has 1 saturated carbocycles. The van der Waals surface area contributed by atoms with Gasteiger partial charge in [-0.05, 0) is 50.3 Å². The summed E-state index contributed by atoms with van der Waals surface area (Å²) in [5.41, 5.74) is -1.42. The van der Waals surface area contributed by atoms with Crippen molar-refractivity contribution in [1.82, 2.24) is 0 Å². The fourth-order valence-corrected chi connectivity index (χ4v) is 3.22. The molecule has 0 amide bonds. The average Bonchev–Trinajstić information content (AvgIpc) is 2.49. The van der Waals surface area contributed by atoms with E-state index >= 15 is 0 Å². The summed E-state index contributed by atoms with van der Waals surface area (Å²) >= 11 is 0. The number of fused-ring (bicyclic) bond motifs is 2. The summed E-state index contributed by atoms with van der Waals surface area (Å²) in [4.78, 5) is 12.4. The molecule has 0 aromatic heterocycles. The number of ether oxygens (including phenoxy) is 1. The lowest BCUT2D eigenvalue weighted by atomic mass is 9.58. The van der Waals surface area contributed by atoms with Crippen molar-refractivity contribution in [2.45, 2.75) is 39.5 Å². The van der Waals surface area contributed by atoms with Gasteiger partial charge in [0.25, 0.3) is 0 Å². The summed E-state index contributed by atoms with van der Waals surface area (Å²) in [6.45, 7) is 3.26. The molecule has 1 aromatic carbocycles. The molecule has 3 aliphatic rings. The van der Waals surface area contributed by atoms with Crippen LogP contribution in [0.5, 0.6) is 5.75 Å². The van der Waals surface area contributed by atoms with Crippen LogP contribution in [-0.4, -0.2) is 5.97 Å². The maximum atomic E-state index is 14.1. The van der Waals surface area contributed by atoms with Crippen molar-refractivity contribution in [3.05, 3.63) is 41.2 Å². The fourth-order valence-electron chi connectivity index (χ4n) is 3.22. The Labute approximate surface area is 127 Å². The van der Waals surface area contributed by atoms with E-state index in [9.17, 15) is 18.0 Å². The molecular formula is C17H17F3O2. The second-order valence-electron chi connectivity index (χ2n) is 6.61. The van der Waals surface area contributed by atoms with Crippen molar-refractivity contribution in [3.8, 4) is 5.75 Å². The largest absolute Gasteiger partial charge is 0.423 e. The van der Waals surface area contributed by atoms with Gasteiger partial charge in [-0.1, -0.05) is 13.0 Å². The molecule has 0 radical (unpaired) electrons. The lowest BCUT2D eigenvalue weighted by Crippen LogP contribution is -2.44. The number of hydrogen-bond donors (Lipinski definition) is 0. The normalized spacial score (nSPS) is 30.1. The van der Waals surface area contributed by atoms with Crippen LogP contribution in [0.25, 0.3) is 0 Å². The maximum Gasteiger partial charge on any atom is 0.321 e. The molecule has 4 rings (SSSR count). The van der Waals surface area contributed by atoms with Gasteiger partial charge >= 0.3 is 5.97 Å². The summed E-state index contributed by atoms with van der Waals surface area (Å²) in [7, 11) is 0. The van der Waals surface area contributed by atoms with Gasteiger partial charge in [0.05, 0.1) is 5.41 Å². The van der Waals surface area contributed by atoms with E-state index in [0.29, 0.717) is 25.7 Å². The first-order valence-corrected chi connectivity index (χ1v) is 7.33. The Morgan fingerprint density at radius 3 is 2.32 bits per heavy atom. The Morgan fingerprint density at radius 1 is 1.09 bits per heavy atom. The fraction of sp³-hybridized carbons (Fsp3) is 0.471. The van der Waals surface area contributed by atoms with Gasteiger partial charge in [0, 0.05) is 5.41 Å². The van der Waals surface area contributed by atoms with E-state index in [0.717, 1.165) is 0 Å². The summed E-state index contributed by atoms with van der Waals surface area (Å²) in [5, 5.41) is 0. The van der Waals surface area contributed by atoms with E-state index in [1.807, 2.05) is 6.92 Å². The first-order valence-electron chi connectivity index (χ1n) is 7.33. The van der Waals surface area contributed by atoms with Crippen LogP contribution in [0.3, 0.4) is 0 Å². The molecule has 0 aliphatic heterocycles. The number of benzene rings is 1. The maximum absolute atomic E-state index is 14.1. The smallest absolute Gasteiger partial charge is 0.321 e. The summed E-state index contributed by atoms with van der Waals surface area (Å²) < 4.78 is 46.5. The van der Waals surface area contributed by atoms with Crippen LogP contribution in [0, 0.1) is 29.4 Å². The molecule has 2 bridgehead atoms. The highest BCUT2D eigenvalue weighted by atomic mass is 19.2. The molecule has 2 nitrogen and oxygen atoms in total. The SMILES string of the molecule is Cc1ccc(OC(=O)C23C=C(F)C(C)(CC2)CC3)c(F)c1F. The van der Waals surface area contributed by atoms with Gasteiger partial charge in [0.1, 0.15) is 5.83 Å². The summed E-state index contributed by atoms with van der Waals surface area (Å²) in [6.07, 6.45) is 3.34. The number of rotatable bonds is 2. The van der Waals surface area contributed by atoms with Crippen molar-refractivity contribution in [2.24, 2.45) is 10.8 Å². The number of esters is 1. The van der Waals surface area contributed by atoms with Crippen LogP contribution < -0.4 is 4.74 Å². The first kappa shape index (κ1) is 15.1. The number of halogens is 3. The number of carbonyl (C=O) groups is 1. The molecule has 0 saturated heterocycles. The lowest BCUT2D eigenvalue weighted by molar-refractivity contribution is -0.147. The minimum absolute atomic E-state index is 0.132. The molecule has 118 valence electrons. The zero-order valence-electron chi connectivity index (χ0n) is 12.5. The second kappa shape index (κ2) is 4.86. The Kier molecular flexibility index (Phi) is 3.34.